The Bertz CT molecular complexity index is 1890. The van der Waals surface area contributed by atoms with Crippen LogP contribution >= 0.6 is 0 Å². The Kier molecular flexibility index (Phi) is 7.64. The molecule has 26 atom stereocenters. The summed E-state index contributed by atoms with van der Waals surface area (Å²) < 4.78 is 0. The molecule has 306 valence electrons. The molecule has 0 bridgehead atoms. The van der Waals surface area contributed by atoms with Crippen LogP contribution in [0.25, 0.3) is 0 Å². The van der Waals surface area contributed by atoms with Gasteiger partial charge in [-0.15, -0.1) is 0 Å². The van der Waals surface area contributed by atoms with E-state index in [2.05, 4.69) is 61.2 Å². The van der Waals surface area contributed by atoms with Gasteiger partial charge < -0.3 is 0 Å². The second kappa shape index (κ2) is 12.8. The summed E-state index contributed by atoms with van der Waals surface area (Å²) >= 11 is 0. The molecule has 2 nitrogen and oxygen atoms in total. The molecule has 2 aromatic rings. The lowest BCUT2D eigenvalue weighted by molar-refractivity contribution is -0.171. The molecule has 0 spiro atoms. The van der Waals surface area contributed by atoms with E-state index in [9.17, 15) is 0 Å². The Morgan fingerprint density at radius 2 is 0.793 bits per heavy atom. The number of aromatic nitrogens is 2. The van der Waals surface area contributed by atoms with Gasteiger partial charge in [0, 0.05) is 24.8 Å². The topological polar surface area (TPSA) is 25.8 Å². The summed E-state index contributed by atoms with van der Waals surface area (Å²) in [5, 5.41) is 0. The van der Waals surface area contributed by atoms with Crippen molar-refractivity contribution >= 4 is 0 Å². The highest BCUT2D eigenvalue weighted by molar-refractivity contribution is 5.33. The summed E-state index contributed by atoms with van der Waals surface area (Å²) in [6.45, 7) is 0. The highest BCUT2D eigenvalue weighted by Crippen LogP contribution is 2.79. The van der Waals surface area contributed by atoms with Crippen LogP contribution in [0.5, 0.6) is 0 Å². The number of nitrogens with zero attached hydrogens (tertiary/aromatic N) is 2. The zero-order valence-electron chi connectivity index (χ0n) is 35.4. The van der Waals surface area contributed by atoms with Crippen molar-refractivity contribution in [3.63, 3.8) is 0 Å². The van der Waals surface area contributed by atoms with Crippen LogP contribution in [0.3, 0.4) is 0 Å². The van der Waals surface area contributed by atoms with Crippen LogP contribution in [-0.2, 0) is 0 Å². The first-order valence-electron chi connectivity index (χ1n) is 26.3. The number of rotatable bonds is 2. The van der Waals surface area contributed by atoms with E-state index in [1.807, 2.05) is 0 Å². The van der Waals surface area contributed by atoms with Crippen molar-refractivity contribution in [1.82, 2.24) is 9.97 Å². The first-order chi connectivity index (χ1) is 28.8. The summed E-state index contributed by atoms with van der Waals surface area (Å²) in [6.07, 6.45) is 42.3. The number of fused-ring (bicyclic) bond motifs is 13. The van der Waals surface area contributed by atoms with E-state index in [0.717, 1.165) is 154 Å². The molecule has 58 heavy (non-hydrogen) atoms. The molecule has 26 unspecified atom stereocenters. The van der Waals surface area contributed by atoms with Crippen LogP contribution in [0.4, 0.5) is 0 Å². The molecule has 15 rings (SSSR count). The van der Waals surface area contributed by atoms with Crippen LogP contribution in [0.2, 0.25) is 0 Å². The van der Waals surface area contributed by atoms with Gasteiger partial charge in [0.2, 0.25) is 0 Å². The third kappa shape index (κ3) is 4.39. The predicted molar refractivity (Wildman–Crippen MR) is 230 cm³/mol. The van der Waals surface area contributed by atoms with E-state index in [1.54, 1.807) is 88.2 Å². The van der Waals surface area contributed by atoms with E-state index >= 15 is 0 Å². The maximum Gasteiger partial charge on any atom is 0.0270 e. The highest BCUT2D eigenvalue weighted by atomic mass is 14.8. The monoisotopic (exact) mass is 773 g/mol. The van der Waals surface area contributed by atoms with Crippen LogP contribution in [0.1, 0.15) is 139 Å². The smallest absolute Gasteiger partial charge is 0.0270 e. The Labute approximate surface area is 350 Å². The molecule has 2 heteroatoms. The molecule has 12 fully saturated rings. The van der Waals surface area contributed by atoms with Gasteiger partial charge in [-0.25, -0.2) is 0 Å². The molecule has 0 amide bonds. The molecule has 0 N–H and O–H groups in total. The summed E-state index contributed by atoms with van der Waals surface area (Å²) in [7, 11) is 0. The molecular formula is C56H72N2. The largest absolute Gasteiger partial charge is 0.265 e. The third-order valence-electron chi connectivity index (χ3n) is 24.2. The van der Waals surface area contributed by atoms with Crippen LogP contribution < -0.4 is 0 Å². The number of hydrogen-bond donors (Lipinski definition) is 0. The molecule has 13 aliphatic rings. The van der Waals surface area contributed by atoms with Crippen molar-refractivity contribution in [3.05, 3.63) is 72.3 Å². The van der Waals surface area contributed by atoms with E-state index in [4.69, 9.17) is 9.97 Å². The van der Waals surface area contributed by atoms with Crippen molar-refractivity contribution in [1.29, 1.82) is 0 Å². The minimum absolute atomic E-state index is 0.741. The summed E-state index contributed by atoms with van der Waals surface area (Å²) in [4.78, 5) is 9.44. The zero-order valence-corrected chi connectivity index (χ0v) is 35.4. The molecule has 12 saturated carbocycles. The van der Waals surface area contributed by atoms with Crippen molar-refractivity contribution in [3.8, 4) is 0 Å². The van der Waals surface area contributed by atoms with Gasteiger partial charge in [0.25, 0.3) is 0 Å². The maximum absolute atomic E-state index is 4.72. The van der Waals surface area contributed by atoms with Gasteiger partial charge in [-0.3, -0.25) is 9.97 Å². The van der Waals surface area contributed by atoms with Crippen molar-refractivity contribution in [2.75, 3.05) is 0 Å². The van der Waals surface area contributed by atoms with E-state index in [0.29, 0.717) is 0 Å². The SMILES string of the molecule is C1=CC2C(CC1)C1CC3C(c4ccncc4)C4C5CCC6C7CCC8C9CCCCC9C9CCC(C%10CCC(C5C6%10)C4C(c4ccncc4)C3C3CCCC2C13)C7C89. The van der Waals surface area contributed by atoms with Crippen molar-refractivity contribution in [2.24, 2.45) is 142 Å². The van der Waals surface area contributed by atoms with Crippen LogP contribution in [-0.4, -0.2) is 9.97 Å². The highest BCUT2D eigenvalue weighted by Gasteiger charge is 2.73. The summed E-state index contributed by atoms with van der Waals surface area (Å²) in [6, 6.07) is 10.2. The minimum atomic E-state index is 0.741. The molecule has 0 saturated heterocycles. The van der Waals surface area contributed by atoms with Crippen LogP contribution in [0.15, 0.2) is 61.2 Å². The molecule has 2 aromatic heterocycles. The average molecular weight is 773 g/mol. The quantitative estimate of drug-likeness (QED) is 0.284. The minimum Gasteiger partial charge on any atom is -0.265 e. The van der Waals surface area contributed by atoms with Gasteiger partial charge in [0.1, 0.15) is 0 Å². The van der Waals surface area contributed by atoms with Crippen molar-refractivity contribution < 1.29 is 0 Å². The molecule has 0 aromatic carbocycles. The lowest BCUT2D eigenvalue weighted by Gasteiger charge is -2.65. The Morgan fingerprint density at radius 3 is 1.40 bits per heavy atom. The fraction of sp³-hybridized carbons (Fsp3) is 0.786. The second-order valence-electron chi connectivity index (χ2n) is 24.5. The summed E-state index contributed by atoms with van der Waals surface area (Å²) in [5.41, 5.74) is 3.45. The van der Waals surface area contributed by atoms with E-state index in [-0.39, 0.29) is 0 Å². The number of pyridine rings is 2. The Morgan fingerprint density at radius 1 is 0.328 bits per heavy atom. The standard InChI is InChI=1S/C56H72N2/c1-2-7-32-31(6-1)36-12-14-38-40-16-18-43-53-44(19-17-41(52(40)53)39-15-13-37(32)50(36)51(38)39)56-48(30-22-26-58-27-23-30)54-42-11-5-10-35-33-8-3-4-9-34(33)45(49(35)42)28-46(54)47(55(43)56)29-20-24-57-25-21-29/h3,8,20-27,31-56H,1-2,4-7,9-19,28H2. The first-order valence-corrected chi connectivity index (χ1v) is 26.3. The molecule has 0 radical (unpaired) electrons. The molecule has 13 aliphatic carbocycles. The average Bonchev–Trinajstić information content (AvgIpc) is 3.92. The fourth-order valence-corrected chi connectivity index (χ4v) is 24.0. The second-order valence-corrected chi connectivity index (χ2v) is 24.5. The van der Waals surface area contributed by atoms with Gasteiger partial charge >= 0.3 is 0 Å². The van der Waals surface area contributed by atoms with Gasteiger partial charge in [-0.2, -0.15) is 0 Å². The van der Waals surface area contributed by atoms with Crippen molar-refractivity contribution in [2.45, 2.75) is 127 Å². The Hall–Kier alpha value is -1.96. The lowest BCUT2D eigenvalue weighted by atomic mass is 9.40. The Balaban J connectivity index is 0.863. The number of hydrogen-bond acceptors (Lipinski definition) is 2. The van der Waals surface area contributed by atoms with Gasteiger partial charge in [0.05, 0.1) is 0 Å². The van der Waals surface area contributed by atoms with Gasteiger partial charge in [-0.05, 0) is 286 Å². The van der Waals surface area contributed by atoms with Gasteiger partial charge in [0.15, 0.2) is 0 Å². The predicted octanol–water partition coefficient (Wildman–Crippen LogP) is 12.9. The normalized spacial score (nSPS) is 58.4. The fourth-order valence-electron chi connectivity index (χ4n) is 24.0. The number of allylic oxidation sites excluding steroid dienone is 2. The van der Waals surface area contributed by atoms with Gasteiger partial charge in [-0.1, -0.05) is 31.4 Å². The maximum atomic E-state index is 4.72. The lowest BCUT2D eigenvalue weighted by Crippen LogP contribution is -2.59. The van der Waals surface area contributed by atoms with E-state index in [1.165, 1.54) is 38.5 Å². The first kappa shape index (κ1) is 34.6. The third-order valence-corrected chi connectivity index (χ3v) is 24.2. The van der Waals surface area contributed by atoms with Crippen LogP contribution in [0, 0.1) is 142 Å². The zero-order chi connectivity index (χ0) is 37.4. The molecule has 0 aliphatic heterocycles. The molecular weight excluding hydrogens is 701 g/mol. The molecule has 2 heterocycles. The summed E-state index contributed by atoms with van der Waals surface area (Å²) in [5.74, 6) is 25.6. The van der Waals surface area contributed by atoms with E-state index < -0.39 is 0 Å².